The molecule has 4 aliphatic rings. The Balaban J connectivity index is 1.30. The van der Waals surface area contributed by atoms with Gasteiger partial charge in [-0.1, -0.05) is 12.1 Å². The molecular weight excluding hydrogens is 428 g/mol. The van der Waals surface area contributed by atoms with Gasteiger partial charge in [0.25, 0.3) is 0 Å². The molecule has 2 heterocycles. The van der Waals surface area contributed by atoms with Crippen molar-refractivity contribution in [1.82, 2.24) is 9.97 Å². The summed E-state index contributed by atoms with van der Waals surface area (Å²) in [6, 6.07) is 6.72. The van der Waals surface area contributed by atoms with Crippen LogP contribution in [0.1, 0.15) is 81.3 Å². The van der Waals surface area contributed by atoms with E-state index in [1.165, 1.54) is 11.1 Å². The first-order chi connectivity index (χ1) is 16.1. The molecule has 0 atom stereocenters. The minimum absolute atomic E-state index is 0.196. The molecule has 2 saturated carbocycles. The first kappa shape index (κ1) is 21.6. The van der Waals surface area contributed by atoms with E-state index in [-0.39, 0.29) is 5.41 Å². The zero-order chi connectivity index (χ0) is 23.9. The van der Waals surface area contributed by atoms with E-state index in [0.717, 1.165) is 62.6 Å². The molecule has 1 aromatic heterocycles. The lowest BCUT2D eigenvalue weighted by molar-refractivity contribution is -0.146. The number of ether oxygens (including phenoxy) is 1. The summed E-state index contributed by atoms with van der Waals surface area (Å²) in [6.07, 6.45) is 8.15. The molecule has 1 aromatic carbocycles. The molecule has 7 nitrogen and oxygen atoms in total. The average Bonchev–Trinajstić information content (AvgIpc) is 3.52. The highest BCUT2D eigenvalue weighted by atomic mass is 16.5. The Morgan fingerprint density at radius 1 is 1.12 bits per heavy atom. The van der Waals surface area contributed by atoms with Crippen molar-refractivity contribution in [3.63, 3.8) is 0 Å². The molecule has 0 unspecified atom stereocenters. The molecule has 1 spiro atoms. The van der Waals surface area contributed by atoms with Crippen LogP contribution in [0.4, 0.5) is 11.5 Å². The van der Waals surface area contributed by atoms with E-state index >= 15 is 0 Å². The third-order valence-corrected chi connectivity index (χ3v) is 8.90. The number of anilines is 1. The van der Waals surface area contributed by atoms with Gasteiger partial charge < -0.3 is 15.6 Å². The summed E-state index contributed by atoms with van der Waals surface area (Å²) >= 11 is 0. The van der Waals surface area contributed by atoms with Crippen LogP contribution in [0, 0.1) is 18.3 Å². The van der Waals surface area contributed by atoms with E-state index < -0.39 is 17.0 Å². The summed E-state index contributed by atoms with van der Waals surface area (Å²) in [6.45, 7) is 5.81. The third kappa shape index (κ3) is 3.08. The summed E-state index contributed by atoms with van der Waals surface area (Å²) in [7, 11) is 0. The van der Waals surface area contributed by atoms with Crippen molar-refractivity contribution in [3.05, 3.63) is 40.7 Å². The number of nitrogens with two attached hydrogens (primary N) is 1. The molecule has 6 rings (SSSR count). The Morgan fingerprint density at radius 3 is 2.53 bits per heavy atom. The monoisotopic (exact) mass is 460 g/mol. The maximum atomic E-state index is 11.8. The molecule has 0 saturated heterocycles. The van der Waals surface area contributed by atoms with E-state index in [2.05, 4.69) is 28.2 Å². The Hall–Kier alpha value is -2.96. The standard InChI is InChI=1S/C27H32N4O3/c1-15-29-22(28)20-23(30-15)34-25(2,3)21(31-20)17-4-5-19-16(14-17)6-9-26(19)10-7-18(8-11-26)27(12-13-27)24(32)33/h4-5,14,18H,6-13H2,1-3H3,(H,32,33)(H2,28,29,30). The molecule has 178 valence electrons. The van der Waals surface area contributed by atoms with Crippen LogP contribution in [-0.2, 0) is 16.6 Å². The number of carbonyl (C=O) groups is 1. The first-order valence-corrected chi connectivity index (χ1v) is 12.4. The SMILES string of the molecule is Cc1nc(N)c2c(n1)OC(C)(C)C(c1ccc3c(c1)CCC31CCC(C3(C(=O)O)CC3)CC1)=N2. The van der Waals surface area contributed by atoms with Gasteiger partial charge in [-0.3, -0.25) is 4.79 Å². The van der Waals surface area contributed by atoms with Gasteiger partial charge in [-0.25, -0.2) is 9.98 Å². The fraction of sp³-hybridized carbons (Fsp3) is 0.556. The fourth-order valence-electron chi connectivity index (χ4n) is 6.83. The number of hydrogen-bond donors (Lipinski definition) is 2. The smallest absolute Gasteiger partial charge is 0.309 e. The summed E-state index contributed by atoms with van der Waals surface area (Å²) < 4.78 is 6.24. The molecule has 2 fully saturated rings. The largest absolute Gasteiger partial charge is 0.481 e. The van der Waals surface area contributed by atoms with Crippen molar-refractivity contribution >= 4 is 23.2 Å². The Morgan fingerprint density at radius 2 is 1.85 bits per heavy atom. The van der Waals surface area contributed by atoms with Gasteiger partial charge in [-0.15, -0.1) is 0 Å². The molecule has 3 aliphatic carbocycles. The number of aliphatic carboxylic acids is 1. The number of carboxylic acid groups (broad SMARTS) is 1. The van der Waals surface area contributed by atoms with Crippen molar-refractivity contribution in [1.29, 1.82) is 0 Å². The van der Waals surface area contributed by atoms with Crippen molar-refractivity contribution in [2.24, 2.45) is 16.3 Å². The maximum Gasteiger partial charge on any atom is 0.309 e. The highest BCUT2D eigenvalue weighted by molar-refractivity contribution is 6.09. The van der Waals surface area contributed by atoms with E-state index in [9.17, 15) is 9.90 Å². The van der Waals surface area contributed by atoms with Crippen LogP contribution in [0.5, 0.6) is 5.88 Å². The van der Waals surface area contributed by atoms with Gasteiger partial charge in [0.15, 0.2) is 11.5 Å². The topological polar surface area (TPSA) is 111 Å². The number of hydrogen-bond acceptors (Lipinski definition) is 6. The van der Waals surface area contributed by atoms with Crippen LogP contribution < -0.4 is 10.5 Å². The van der Waals surface area contributed by atoms with Crippen LogP contribution in [0.2, 0.25) is 0 Å². The lowest BCUT2D eigenvalue weighted by atomic mass is 9.64. The summed E-state index contributed by atoms with van der Waals surface area (Å²) in [4.78, 5) is 25.4. The number of aryl methyl sites for hydroxylation is 2. The zero-order valence-corrected chi connectivity index (χ0v) is 20.1. The normalized spacial score (nSPS) is 28.0. The van der Waals surface area contributed by atoms with Gasteiger partial charge in [0, 0.05) is 5.56 Å². The Bertz CT molecular complexity index is 1240. The molecule has 0 bridgehead atoms. The Kier molecular flexibility index (Phi) is 4.46. The van der Waals surface area contributed by atoms with Crippen molar-refractivity contribution in [3.8, 4) is 5.88 Å². The molecule has 34 heavy (non-hydrogen) atoms. The second-order valence-electron chi connectivity index (χ2n) is 11.3. The molecule has 7 heteroatoms. The summed E-state index contributed by atoms with van der Waals surface area (Å²) in [5.41, 5.74) is 10.5. The number of benzene rings is 1. The van der Waals surface area contributed by atoms with E-state index in [0.29, 0.717) is 29.1 Å². The predicted octanol–water partition coefficient (Wildman–Crippen LogP) is 4.90. The summed E-state index contributed by atoms with van der Waals surface area (Å²) in [5, 5.41) is 9.72. The highest BCUT2D eigenvalue weighted by Crippen LogP contribution is 2.60. The molecule has 0 radical (unpaired) electrons. The van der Waals surface area contributed by atoms with Crippen LogP contribution in [-0.4, -0.2) is 32.4 Å². The van der Waals surface area contributed by atoms with Crippen molar-refractivity contribution < 1.29 is 14.6 Å². The quantitative estimate of drug-likeness (QED) is 0.674. The van der Waals surface area contributed by atoms with Gasteiger partial charge in [0.1, 0.15) is 11.4 Å². The summed E-state index contributed by atoms with van der Waals surface area (Å²) in [5.74, 6) is 1.10. The van der Waals surface area contributed by atoms with Crippen LogP contribution >= 0.6 is 0 Å². The number of carboxylic acids is 1. The minimum atomic E-state index is -0.641. The average molecular weight is 461 g/mol. The van der Waals surface area contributed by atoms with Gasteiger partial charge >= 0.3 is 5.97 Å². The predicted molar refractivity (Wildman–Crippen MR) is 130 cm³/mol. The van der Waals surface area contributed by atoms with Crippen LogP contribution in [0.15, 0.2) is 23.2 Å². The lowest BCUT2D eigenvalue weighted by Crippen LogP contribution is -2.41. The van der Waals surface area contributed by atoms with Gasteiger partial charge in [-0.2, -0.15) is 4.98 Å². The van der Waals surface area contributed by atoms with Gasteiger partial charge in [-0.05, 0) is 101 Å². The third-order valence-electron chi connectivity index (χ3n) is 8.90. The van der Waals surface area contributed by atoms with E-state index in [1.807, 2.05) is 13.8 Å². The van der Waals surface area contributed by atoms with Crippen molar-refractivity contribution in [2.75, 3.05) is 5.73 Å². The molecule has 2 aromatic rings. The van der Waals surface area contributed by atoms with E-state index in [4.69, 9.17) is 15.5 Å². The fourth-order valence-corrected chi connectivity index (χ4v) is 6.83. The number of aliphatic imine (C=N–C) groups is 1. The molecule has 1 aliphatic heterocycles. The van der Waals surface area contributed by atoms with Gasteiger partial charge in [0.2, 0.25) is 5.88 Å². The lowest BCUT2D eigenvalue weighted by Gasteiger charge is -2.40. The highest BCUT2D eigenvalue weighted by Gasteiger charge is 2.57. The second-order valence-corrected chi connectivity index (χ2v) is 11.3. The number of nitrogens with zero attached hydrogens (tertiary/aromatic N) is 3. The van der Waals surface area contributed by atoms with E-state index in [1.54, 1.807) is 6.92 Å². The number of nitrogen functional groups attached to an aromatic ring is 1. The van der Waals surface area contributed by atoms with Gasteiger partial charge in [0.05, 0.1) is 11.1 Å². The minimum Gasteiger partial charge on any atom is -0.481 e. The van der Waals surface area contributed by atoms with Crippen molar-refractivity contribution in [2.45, 2.75) is 83.2 Å². The second kappa shape index (κ2) is 7.03. The maximum absolute atomic E-state index is 11.8. The molecule has 3 N–H and O–H groups in total. The van der Waals surface area contributed by atoms with Crippen LogP contribution in [0.3, 0.4) is 0 Å². The molecule has 0 amide bonds. The number of rotatable bonds is 3. The number of aromatic nitrogens is 2. The molecular formula is C27H32N4O3. The Labute approximate surface area is 199 Å². The van der Waals surface area contributed by atoms with Crippen LogP contribution in [0.25, 0.3) is 0 Å². The zero-order valence-electron chi connectivity index (χ0n) is 20.1. The number of fused-ring (bicyclic) bond motifs is 3. The first-order valence-electron chi connectivity index (χ1n) is 12.4.